The second-order valence-corrected chi connectivity index (χ2v) is 4.97. The number of halogens is 3. The summed E-state index contributed by atoms with van der Waals surface area (Å²) in [5, 5.41) is -0.822. The van der Waals surface area contributed by atoms with Crippen molar-refractivity contribution in [2.45, 2.75) is 18.6 Å². The molecule has 0 aliphatic heterocycles. The Balaban J connectivity index is 2.08. The van der Waals surface area contributed by atoms with E-state index in [-0.39, 0.29) is 6.04 Å². The number of nitrogens with zero attached hydrogens (tertiary/aromatic N) is 1. The minimum atomic E-state index is -4.38. The smallest absolute Gasteiger partial charge is 0.324 e. The number of thiazole rings is 1. The summed E-state index contributed by atoms with van der Waals surface area (Å²) in [5.74, 6) is 0. The molecule has 2 nitrogen and oxygen atoms in total. The summed E-state index contributed by atoms with van der Waals surface area (Å²) in [6.45, 7) is 0. The molecule has 1 aromatic heterocycles. The standard InChI is InChI=1S/C12H11F3N2S/c13-12(14,15)11-17-7-9(18-11)6-10(16)8-4-2-1-3-5-8/h1-5,7,10H,6,16H2. The second-order valence-electron chi connectivity index (χ2n) is 3.85. The molecule has 0 radical (unpaired) electrons. The highest BCUT2D eigenvalue weighted by atomic mass is 32.1. The van der Waals surface area contributed by atoms with Gasteiger partial charge in [-0.1, -0.05) is 30.3 Å². The molecule has 2 rings (SSSR count). The van der Waals surface area contributed by atoms with Gasteiger partial charge in [-0.25, -0.2) is 4.98 Å². The van der Waals surface area contributed by atoms with Gasteiger partial charge < -0.3 is 5.73 Å². The van der Waals surface area contributed by atoms with Crippen LogP contribution in [0.2, 0.25) is 0 Å². The lowest BCUT2D eigenvalue weighted by Gasteiger charge is -2.09. The third-order valence-electron chi connectivity index (χ3n) is 2.44. The molecule has 2 aromatic rings. The largest absolute Gasteiger partial charge is 0.443 e. The average molecular weight is 272 g/mol. The molecule has 6 heteroatoms. The maximum Gasteiger partial charge on any atom is 0.443 e. The van der Waals surface area contributed by atoms with Gasteiger partial charge in [0.2, 0.25) is 0 Å². The summed E-state index contributed by atoms with van der Waals surface area (Å²) >= 11 is 0.647. The third-order valence-corrected chi connectivity index (χ3v) is 3.51. The zero-order chi connectivity index (χ0) is 13.2. The van der Waals surface area contributed by atoms with Crippen LogP contribution >= 0.6 is 11.3 Å². The highest BCUT2D eigenvalue weighted by Crippen LogP contribution is 2.33. The molecule has 0 spiro atoms. The summed E-state index contributed by atoms with van der Waals surface area (Å²) in [6, 6.07) is 8.97. The second kappa shape index (κ2) is 5.07. The molecule has 18 heavy (non-hydrogen) atoms. The van der Waals surface area contributed by atoms with E-state index in [0.717, 1.165) is 5.56 Å². The van der Waals surface area contributed by atoms with E-state index in [0.29, 0.717) is 22.6 Å². The first-order valence-corrected chi connectivity index (χ1v) is 6.11. The van der Waals surface area contributed by atoms with Crippen LogP contribution in [0.15, 0.2) is 36.5 Å². The molecule has 0 saturated carbocycles. The fourth-order valence-electron chi connectivity index (χ4n) is 1.57. The predicted molar refractivity (Wildman–Crippen MR) is 64.2 cm³/mol. The van der Waals surface area contributed by atoms with E-state index in [1.54, 1.807) is 0 Å². The van der Waals surface area contributed by atoms with Gasteiger partial charge in [0.15, 0.2) is 5.01 Å². The first-order valence-electron chi connectivity index (χ1n) is 5.29. The highest BCUT2D eigenvalue weighted by molar-refractivity contribution is 7.11. The van der Waals surface area contributed by atoms with E-state index >= 15 is 0 Å². The zero-order valence-corrected chi connectivity index (χ0v) is 10.1. The molecule has 96 valence electrons. The van der Waals surface area contributed by atoms with E-state index in [1.165, 1.54) is 6.20 Å². The molecule has 0 fully saturated rings. The van der Waals surface area contributed by atoms with E-state index in [2.05, 4.69) is 4.98 Å². The van der Waals surface area contributed by atoms with Crippen molar-refractivity contribution in [3.63, 3.8) is 0 Å². The molecule has 2 N–H and O–H groups in total. The van der Waals surface area contributed by atoms with Gasteiger partial charge in [-0.05, 0) is 5.56 Å². The van der Waals surface area contributed by atoms with Crippen molar-refractivity contribution in [2.24, 2.45) is 5.73 Å². The van der Waals surface area contributed by atoms with Gasteiger partial charge in [-0.15, -0.1) is 11.3 Å². The summed E-state index contributed by atoms with van der Waals surface area (Å²) in [5.41, 5.74) is 6.85. The Bertz CT molecular complexity index is 508. The van der Waals surface area contributed by atoms with Gasteiger partial charge in [-0.2, -0.15) is 13.2 Å². The fraction of sp³-hybridized carbons (Fsp3) is 0.250. The highest BCUT2D eigenvalue weighted by Gasteiger charge is 2.34. The van der Waals surface area contributed by atoms with Crippen LogP contribution in [0.4, 0.5) is 13.2 Å². The molecule has 1 atom stereocenters. The maximum absolute atomic E-state index is 12.4. The predicted octanol–water partition coefficient (Wildman–Crippen LogP) is 3.40. The molecule has 0 bridgehead atoms. The summed E-state index contributed by atoms with van der Waals surface area (Å²) in [4.78, 5) is 3.91. The molecule has 1 heterocycles. The van der Waals surface area contributed by atoms with Crippen molar-refractivity contribution in [3.8, 4) is 0 Å². The monoisotopic (exact) mass is 272 g/mol. The normalized spacial score (nSPS) is 13.6. The van der Waals surface area contributed by atoms with Gasteiger partial charge in [0.05, 0.1) is 0 Å². The lowest BCUT2D eigenvalue weighted by atomic mass is 10.0. The van der Waals surface area contributed by atoms with Crippen LogP contribution < -0.4 is 5.73 Å². The summed E-state index contributed by atoms with van der Waals surface area (Å²) in [6.07, 6.45) is -2.77. The number of alkyl halides is 3. The van der Waals surface area contributed by atoms with Crippen LogP contribution in [-0.2, 0) is 12.6 Å². The van der Waals surface area contributed by atoms with Gasteiger partial charge in [0, 0.05) is 23.5 Å². The Hall–Kier alpha value is -1.40. The Morgan fingerprint density at radius 3 is 2.44 bits per heavy atom. The number of hydrogen-bond acceptors (Lipinski definition) is 3. The Morgan fingerprint density at radius 2 is 1.89 bits per heavy atom. The molecule has 1 aromatic carbocycles. The van der Waals surface area contributed by atoms with E-state index < -0.39 is 11.2 Å². The van der Waals surface area contributed by atoms with Crippen molar-refractivity contribution in [1.29, 1.82) is 0 Å². The van der Waals surface area contributed by atoms with Crippen molar-refractivity contribution >= 4 is 11.3 Å². The Kier molecular flexibility index (Phi) is 3.68. The molecule has 0 aliphatic rings. The quantitative estimate of drug-likeness (QED) is 0.930. The average Bonchev–Trinajstić information content (AvgIpc) is 2.78. The minimum Gasteiger partial charge on any atom is -0.324 e. The van der Waals surface area contributed by atoms with Gasteiger partial charge >= 0.3 is 6.18 Å². The molecular formula is C12H11F3N2S. The van der Waals surface area contributed by atoms with Crippen molar-refractivity contribution in [2.75, 3.05) is 0 Å². The van der Waals surface area contributed by atoms with Crippen LogP contribution in [0.25, 0.3) is 0 Å². The van der Waals surface area contributed by atoms with Crippen molar-refractivity contribution < 1.29 is 13.2 Å². The summed E-state index contributed by atoms with van der Waals surface area (Å²) < 4.78 is 37.1. The number of rotatable bonds is 3. The fourth-order valence-corrected chi connectivity index (χ4v) is 2.41. The van der Waals surface area contributed by atoms with Gasteiger partial charge in [0.1, 0.15) is 0 Å². The van der Waals surface area contributed by atoms with Gasteiger partial charge in [-0.3, -0.25) is 0 Å². The number of benzene rings is 1. The topological polar surface area (TPSA) is 38.9 Å². The van der Waals surface area contributed by atoms with E-state index in [4.69, 9.17) is 5.73 Å². The molecule has 0 aliphatic carbocycles. The Labute approximate surface area is 106 Å². The van der Waals surface area contributed by atoms with Crippen LogP contribution in [0.3, 0.4) is 0 Å². The SMILES string of the molecule is NC(Cc1cnc(C(F)(F)F)s1)c1ccccc1. The molecular weight excluding hydrogens is 261 g/mol. The third kappa shape index (κ3) is 3.08. The maximum atomic E-state index is 12.4. The van der Waals surface area contributed by atoms with Crippen LogP contribution in [0, 0.1) is 0 Å². The van der Waals surface area contributed by atoms with E-state index in [9.17, 15) is 13.2 Å². The molecule has 1 unspecified atom stereocenters. The van der Waals surface area contributed by atoms with E-state index in [1.807, 2.05) is 30.3 Å². The summed E-state index contributed by atoms with van der Waals surface area (Å²) in [7, 11) is 0. The van der Waals surface area contributed by atoms with Crippen molar-refractivity contribution in [3.05, 3.63) is 52.0 Å². The number of aromatic nitrogens is 1. The molecule has 0 saturated heterocycles. The zero-order valence-electron chi connectivity index (χ0n) is 9.32. The molecule has 0 amide bonds. The van der Waals surface area contributed by atoms with Crippen LogP contribution in [-0.4, -0.2) is 4.98 Å². The number of nitrogens with two attached hydrogens (primary N) is 1. The first-order chi connectivity index (χ1) is 8.47. The lowest BCUT2D eigenvalue weighted by molar-refractivity contribution is -0.137. The van der Waals surface area contributed by atoms with Crippen LogP contribution in [0.5, 0.6) is 0 Å². The Morgan fingerprint density at radius 1 is 1.22 bits per heavy atom. The van der Waals surface area contributed by atoms with Gasteiger partial charge in [0.25, 0.3) is 0 Å². The number of hydrogen-bond donors (Lipinski definition) is 1. The first kappa shape index (κ1) is 13.0. The van der Waals surface area contributed by atoms with Crippen molar-refractivity contribution in [1.82, 2.24) is 4.98 Å². The minimum absolute atomic E-state index is 0.312. The van der Waals surface area contributed by atoms with Crippen LogP contribution in [0.1, 0.15) is 21.5 Å². The lowest BCUT2D eigenvalue weighted by Crippen LogP contribution is -2.12.